The van der Waals surface area contributed by atoms with Gasteiger partial charge < -0.3 is 9.84 Å². The summed E-state index contributed by atoms with van der Waals surface area (Å²) in [6.45, 7) is 2.07. The van der Waals surface area contributed by atoms with Gasteiger partial charge in [-0.15, -0.1) is 10.2 Å². The van der Waals surface area contributed by atoms with E-state index in [1.807, 2.05) is 6.07 Å². The summed E-state index contributed by atoms with van der Waals surface area (Å²) in [6, 6.07) is 5.28. The quantitative estimate of drug-likeness (QED) is 0.749. The molecule has 0 radical (unpaired) electrons. The predicted octanol–water partition coefficient (Wildman–Crippen LogP) is 1.06. The molecular weight excluding hydrogens is 286 g/mol. The average Bonchev–Trinajstić information content (AvgIpc) is 3.15. The van der Waals surface area contributed by atoms with Crippen LogP contribution in [0.15, 0.2) is 35.1 Å². The van der Waals surface area contributed by atoms with Crippen LogP contribution in [-0.4, -0.2) is 36.3 Å². The van der Waals surface area contributed by atoms with Crippen molar-refractivity contribution in [2.45, 2.75) is 19.9 Å². The highest BCUT2D eigenvalue weighted by atomic mass is 16.5. The third-order valence-corrected chi connectivity index (χ3v) is 2.81. The zero-order chi connectivity index (χ0) is 15.4. The Balaban J connectivity index is 1.56. The number of carbonyl (C=O) groups excluding carboxylic acids is 1. The molecule has 0 aliphatic rings. The topological polar surface area (TPSA) is 112 Å². The Morgan fingerprint density at radius 1 is 1.45 bits per heavy atom. The molecule has 3 aromatic heterocycles. The fourth-order valence-corrected chi connectivity index (χ4v) is 1.78. The molecule has 0 fully saturated rings. The maximum atomic E-state index is 11.8. The molecule has 0 aliphatic carbocycles. The molecule has 0 aliphatic heterocycles. The van der Waals surface area contributed by atoms with Crippen LogP contribution in [0.5, 0.6) is 0 Å². The number of rotatable bonds is 5. The number of aromatic nitrogens is 6. The van der Waals surface area contributed by atoms with E-state index >= 15 is 0 Å². The van der Waals surface area contributed by atoms with Gasteiger partial charge in [0.1, 0.15) is 5.76 Å². The Kier molecular flexibility index (Phi) is 3.86. The first-order chi connectivity index (χ1) is 10.7. The molecule has 0 saturated heterocycles. The largest absolute Gasteiger partial charge is 0.360 e. The van der Waals surface area contributed by atoms with Crippen LogP contribution in [-0.2, 0) is 11.3 Å². The molecule has 9 nitrogen and oxygen atoms in total. The summed E-state index contributed by atoms with van der Waals surface area (Å²) in [5, 5.41) is 18.4. The molecule has 112 valence electrons. The Labute approximate surface area is 125 Å². The second kappa shape index (κ2) is 6.12. The highest BCUT2D eigenvalue weighted by molar-refractivity contribution is 5.89. The maximum absolute atomic E-state index is 11.8. The van der Waals surface area contributed by atoms with Crippen LogP contribution in [0.25, 0.3) is 11.4 Å². The van der Waals surface area contributed by atoms with Crippen LogP contribution < -0.4 is 5.32 Å². The van der Waals surface area contributed by atoms with Gasteiger partial charge in [-0.2, -0.15) is 4.80 Å². The Hall–Kier alpha value is -3.10. The number of nitrogens with one attached hydrogen (secondary N) is 1. The highest BCUT2D eigenvalue weighted by Gasteiger charge is 2.09. The van der Waals surface area contributed by atoms with Gasteiger partial charge in [0.15, 0.2) is 5.82 Å². The summed E-state index contributed by atoms with van der Waals surface area (Å²) >= 11 is 0. The molecule has 0 aromatic carbocycles. The van der Waals surface area contributed by atoms with Crippen molar-refractivity contribution in [3.63, 3.8) is 0 Å². The lowest BCUT2D eigenvalue weighted by molar-refractivity contribution is -0.116. The van der Waals surface area contributed by atoms with E-state index in [4.69, 9.17) is 4.52 Å². The van der Waals surface area contributed by atoms with E-state index in [0.717, 1.165) is 5.56 Å². The van der Waals surface area contributed by atoms with E-state index in [-0.39, 0.29) is 12.3 Å². The number of carbonyl (C=O) groups is 1. The molecule has 0 spiro atoms. The van der Waals surface area contributed by atoms with Gasteiger partial charge >= 0.3 is 0 Å². The van der Waals surface area contributed by atoms with Crippen molar-refractivity contribution in [2.24, 2.45) is 0 Å². The fourth-order valence-electron chi connectivity index (χ4n) is 1.78. The normalized spacial score (nSPS) is 10.6. The standard InChI is InChI=1S/C13H13N7O2/c1-9-7-11(18-22-9)15-12(21)4-6-20-17-13(16-19-20)10-3-2-5-14-8-10/h2-3,5,7-8H,4,6H2,1H3,(H,15,18,21). The first-order valence-corrected chi connectivity index (χ1v) is 6.62. The van der Waals surface area contributed by atoms with Crippen LogP contribution in [0.3, 0.4) is 0 Å². The van der Waals surface area contributed by atoms with Crippen molar-refractivity contribution in [2.75, 3.05) is 5.32 Å². The molecule has 3 aromatic rings. The molecule has 22 heavy (non-hydrogen) atoms. The summed E-state index contributed by atoms with van der Waals surface area (Å²) in [6.07, 6.45) is 3.53. The predicted molar refractivity (Wildman–Crippen MR) is 75.5 cm³/mol. The lowest BCUT2D eigenvalue weighted by Gasteiger charge is -2.00. The second-order valence-corrected chi connectivity index (χ2v) is 4.57. The Morgan fingerprint density at radius 3 is 3.09 bits per heavy atom. The van der Waals surface area contributed by atoms with E-state index < -0.39 is 0 Å². The third kappa shape index (κ3) is 3.32. The monoisotopic (exact) mass is 299 g/mol. The van der Waals surface area contributed by atoms with Crippen molar-refractivity contribution >= 4 is 11.7 Å². The van der Waals surface area contributed by atoms with Gasteiger partial charge in [0.25, 0.3) is 0 Å². The van der Waals surface area contributed by atoms with Gasteiger partial charge in [-0.1, -0.05) is 5.16 Å². The van der Waals surface area contributed by atoms with E-state index in [0.29, 0.717) is 23.9 Å². The number of anilines is 1. The van der Waals surface area contributed by atoms with Crippen molar-refractivity contribution in [1.29, 1.82) is 0 Å². The molecule has 9 heteroatoms. The molecular formula is C13H13N7O2. The minimum absolute atomic E-state index is 0.200. The van der Waals surface area contributed by atoms with Crippen molar-refractivity contribution in [1.82, 2.24) is 30.3 Å². The van der Waals surface area contributed by atoms with Gasteiger partial charge in [-0.25, -0.2) is 0 Å². The minimum atomic E-state index is -0.200. The maximum Gasteiger partial charge on any atom is 0.227 e. The first-order valence-electron chi connectivity index (χ1n) is 6.62. The molecule has 3 heterocycles. The van der Waals surface area contributed by atoms with Crippen LogP contribution in [0.1, 0.15) is 12.2 Å². The summed E-state index contributed by atoms with van der Waals surface area (Å²) in [5.74, 6) is 1.30. The number of aryl methyl sites for hydroxylation is 2. The van der Waals surface area contributed by atoms with E-state index in [9.17, 15) is 4.79 Å². The van der Waals surface area contributed by atoms with Crippen molar-refractivity contribution < 1.29 is 9.32 Å². The first kappa shape index (κ1) is 13.9. The van der Waals surface area contributed by atoms with Gasteiger partial charge in [0.05, 0.1) is 6.54 Å². The zero-order valence-electron chi connectivity index (χ0n) is 11.8. The number of tetrazole rings is 1. The van der Waals surface area contributed by atoms with Crippen molar-refractivity contribution in [3.8, 4) is 11.4 Å². The smallest absolute Gasteiger partial charge is 0.227 e. The molecule has 1 N–H and O–H groups in total. The van der Waals surface area contributed by atoms with Crippen molar-refractivity contribution in [3.05, 3.63) is 36.4 Å². The number of hydrogen-bond donors (Lipinski definition) is 1. The molecule has 0 unspecified atom stereocenters. The summed E-state index contributed by atoms with van der Waals surface area (Å²) in [5.41, 5.74) is 0.774. The highest BCUT2D eigenvalue weighted by Crippen LogP contribution is 2.10. The minimum Gasteiger partial charge on any atom is -0.360 e. The van der Waals surface area contributed by atoms with Crippen LogP contribution in [0, 0.1) is 6.92 Å². The van der Waals surface area contributed by atoms with Crippen LogP contribution in [0.4, 0.5) is 5.82 Å². The molecule has 0 bridgehead atoms. The number of pyridine rings is 1. The zero-order valence-corrected chi connectivity index (χ0v) is 11.8. The number of amides is 1. The lowest BCUT2D eigenvalue weighted by Crippen LogP contribution is -2.15. The molecule has 3 rings (SSSR count). The van der Waals surface area contributed by atoms with Gasteiger partial charge in [0, 0.05) is 30.4 Å². The van der Waals surface area contributed by atoms with Crippen LogP contribution in [0.2, 0.25) is 0 Å². The van der Waals surface area contributed by atoms with Crippen LogP contribution >= 0.6 is 0 Å². The fraction of sp³-hybridized carbons (Fsp3) is 0.231. The second-order valence-electron chi connectivity index (χ2n) is 4.57. The number of nitrogens with zero attached hydrogens (tertiary/aromatic N) is 6. The summed E-state index contributed by atoms with van der Waals surface area (Å²) in [7, 11) is 0. The average molecular weight is 299 g/mol. The lowest BCUT2D eigenvalue weighted by atomic mass is 10.3. The summed E-state index contributed by atoms with van der Waals surface area (Å²) in [4.78, 5) is 17.1. The van der Waals surface area contributed by atoms with Gasteiger partial charge in [-0.3, -0.25) is 9.78 Å². The van der Waals surface area contributed by atoms with E-state index in [1.54, 1.807) is 31.5 Å². The Bertz CT molecular complexity index is 766. The molecule has 1 amide bonds. The molecule has 0 saturated carbocycles. The number of hydrogen-bond acceptors (Lipinski definition) is 7. The molecule has 0 atom stereocenters. The van der Waals surface area contributed by atoms with E-state index in [1.165, 1.54) is 4.80 Å². The third-order valence-electron chi connectivity index (χ3n) is 2.81. The summed E-state index contributed by atoms with van der Waals surface area (Å²) < 4.78 is 4.87. The Morgan fingerprint density at radius 2 is 2.36 bits per heavy atom. The SMILES string of the molecule is Cc1cc(NC(=O)CCn2nnc(-c3cccnc3)n2)no1. The van der Waals surface area contributed by atoms with Gasteiger partial charge in [0.2, 0.25) is 11.7 Å². The van der Waals surface area contributed by atoms with Gasteiger partial charge in [-0.05, 0) is 24.3 Å². The van der Waals surface area contributed by atoms with E-state index in [2.05, 4.69) is 30.9 Å².